The summed E-state index contributed by atoms with van der Waals surface area (Å²) in [4.78, 5) is 23.9. The Bertz CT molecular complexity index is 1160. The minimum atomic E-state index is -0.984. The average molecular weight is 351 g/mol. The van der Waals surface area contributed by atoms with E-state index in [0.717, 1.165) is 15.8 Å². The van der Waals surface area contributed by atoms with Gasteiger partial charge in [0.25, 0.3) is 5.56 Å². The fourth-order valence-electron chi connectivity index (χ4n) is 2.88. The number of aliphatic carboxylic acids is 1. The number of hydrogen-bond donors (Lipinski definition) is 1. The summed E-state index contributed by atoms with van der Waals surface area (Å²) in [6.45, 7) is 0.209. The van der Waals surface area contributed by atoms with Crippen molar-refractivity contribution in [1.29, 1.82) is 0 Å². The number of carboxylic acids is 1. The summed E-state index contributed by atoms with van der Waals surface area (Å²) in [6.07, 6.45) is -0.237. The van der Waals surface area contributed by atoms with Gasteiger partial charge in [-0.3, -0.25) is 9.59 Å². The maximum Gasteiger partial charge on any atom is 0.309 e. The molecule has 0 spiro atoms. The monoisotopic (exact) mass is 351 g/mol. The van der Waals surface area contributed by atoms with Gasteiger partial charge >= 0.3 is 5.97 Å². The zero-order valence-electron chi connectivity index (χ0n) is 13.0. The number of carbonyl (C=O) groups is 1. The molecule has 0 aliphatic carbocycles. The van der Waals surface area contributed by atoms with Crippen LogP contribution >= 0.6 is 11.5 Å². The molecule has 4 rings (SSSR count). The summed E-state index contributed by atoms with van der Waals surface area (Å²) in [7, 11) is 0. The lowest BCUT2D eigenvalue weighted by atomic mass is 10.1. The van der Waals surface area contributed by atoms with Gasteiger partial charge in [-0.1, -0.05) is 36.4 Å². The van der Waals surface area contributed by atoms with Gasteiger partial charge in [0.1, 0.15) is 0 Å². The van der Waals surface area contributed by atoms with Crippen LogP contribution in [0.25, 0.3) is 20.9 Å². The van der Waals surface area contributed by atoms with E-state index in [1.165, 1.54) is 16.2 Å². The average Bonchev–Trinajstić information content (AvgIpc) is 3.02. The van der Waals surface area contributed by atoms with E-state index in [1.54, 1.807) is 24.3 Å². The van der Waals surface area contributed by atoms with Crippen molar-refractivity contribution in [3.63, 3.8) is 0 Å². The first-order valence-corrected chi connectivity index (χ1v) is 8.44. The quantitative estimate of drug-likeness (QED) is 0.611. The molecule has 0 atom stereocenters. The van der Waals surface area contributed by atoms with Crippen LogP contribution in [0, 0.1) is 0 Å². The third-order valence-electron chi connectivity index (χ3n) is 4.01. The van der Waals surface area contributed by atoms with Gasteiger partial charge in [-0.15, -0.1) is 0 Å². The van der Waals surface area contributed by atoms with Gasteiger partial charge in [-0.25, -0.2) is 4.68 Å². The van der Waals surface area contributed by atoms with E-state index in [9.17, 15) is 9.59 Å². The maximum absolute atomic E-state index is 12.8. The van der Waals surface area contributed by atoms with Crippen LogP contribution in [0.1, 0.15) is 11.4 Å². The Morgan fingerprint density at radius 1 is 1.00 bits per heavy atom. The predicted molar refractivity (Wildman–Crippen MR) is 96.1 cm³/mol. The van der Waals surface area contributed by atoms with E-state index in [4.69, 9.17) is 5.11 Å². The predicted octanol–water partition coefficient (Wildman–Crippen LogP) is 2.68. The van der Waals surface area contributed by atoms with Gasteiger partial charge in [0.2, 0.25) is 0 Å². The Morgan fingerprint density at radius 3 is 2.44 bits per heavy atom. The topological polar surface area (TPSA) is 85.1 Å². The molecule has 4 aromatic rings. The molecule has 0 saturated heterocycles. The first-order valence-electron chi connectivity index (χ1n) is 7.67. The highest BCUT2D eigenvalue weighted by molar-refractivity contribution is 7.13. The van der Waals surface area contributed by atoms with Crippen LogP contribution in [0.3, 0.4) is 0 Å². The van der Waals surface area contributed by atoms with Crippen LogP contribution in [0.5, 0.6) is 0 Å². The summed E-state index contributed by atoms with van der Waals surface area (Å²) < 4.78 is 6.77. The Kier molecular flexibility index (Phi) is 3.77. The molecule has 2 heterocycles. The van der Waals surface area contributed by atoms with E-state index in [2.05, 4.69) is 9.47 Å². The van der Waals surface area contributed by atoms with Gasteiger partial charge < -0.3 is 5.11 Å². The largest absolute Gasteiger partial charge is 0.481 e. The van der Waals surface area contributed by atoms with Gasteiger partial charge in [-0.2, -0.15) is 9.47 Å². The normalized spacial score (nSPS) is 11.2. The van der Waals surface area contributed by atoms with E-state index in [0.29, 0.717) is 16.5 Å². The molecule has 0 fully saturated rings. The molecule has 0 saturated carbocycles. The molecule has 6 nitrogen and oxygen atoms in total. The van der Waals surface area contributed by atoms with Crippen LogP contribution in [-0.4, -0.2) is 25.2 Å². The van der Waals surface area contributed by atoms with Gasteiger partial charge in [0.05, 0.1) is 34.4 Å². The first kappa shape index (κ1) is 15.5. The SMILES string of the molecule is O=C(O)Cc1nn(Cc2nsc3ccccc23)c(=O)c2ccccc12. The second-order valence-electron chi connectivity index (χ2n) is 5.65. The number of aromatic nitrogens is 3. The molecular weight excluding hydrogens is 338 g/mol. The maximum atomic E-state index is 12.8. The van der Waals surface area contributed by atoms with E-state index in [1.807, 2.05) is 24.3 Å². The summed E-state index contributed by atoms with van der Waals surface area (Å²) in [5.41, 5.74) is 0.885. The second kappa shape index (κ2) is 6.10. The summed E-state index contributed by atoms with van der Waals surface area (Å²) in [5, 5.41) is 15.5. The van der Waals surface area contributed by atoms with Crippen molar-refractivity contribution in [2.24, 2.45) is 0 Å². The molecule has 0 radical (unpaired) electrons. The lowest BCUT2D eigenvalue weighted by Crippen LogP contribution is -2.26. The van der Waals surface area contributed by atoms with Crippen molar-refractivity contribution in [3.8, 4) is 0 Å². The lowest BCUT2D eigenvalue weighted by molar-refractivity contribution is -0.136. The van der Waals surface area contributed by atoms with Crippen LogP contribution in [0.4, 0.5) is 0 Å². The number of fused-ring (bicyclic) bond motifs is 2. The van der Waals surface area contributed by atoms with Crippen molar-refractivity contribution < 1.29 is 9.90 Å². The first-order chi connectivity index (χ1) is 12.1. The van der Waals surface area contributed by atoms with Crippen molar-refractivity contribution in [2.75, 3.05) is 0 Å². The highest BCUT2D eigenvalue weighted by Gasteiger charge is 2.15. The van der Waals surface area contributed by atoms with Gasteiger partial charge in [0, 0.05) is 10.8 Å². The van der Waals surface area contributed by atoms with Crippen molar-refractivity contribution >= 4 is 38.4 Å². The minimum absolute atomic E-state index is 0.209. The zero-order chi connectivity index (χ0) is 17.4. The minimum Gasteiger partial charge on any atom is -0.481 e. The molecule has 124 valence electrons. The zero-order valence-corrected chi connectivity index (χ0v) is 13.9. The van der Waals surface area contributed by atoms with Crippen molar-refractivity contribution in [2.45, 2.75) is 13.0 Å². The van der Waals surface area contributed by atoms with Crippen LogP contribution in [-0.2, 0) is 17.8 Å². The number of nitrogens with zero attached hydrogens (tertiary/aromatic N) is 3. The standard InChI is InChI=1S/C18H13N3O3S/c22-17(23)9-14-11-5-1-2-6-12(11)18(24)21(19-14)10-15-13-7-3-4-8-16(13)25-20-15/h1-8H,9-10H2,(H,22,23). The fraction of sp³-hybridized carbons (Fsp3) is 0.111. The number of benzene rings is 2. The number of carboxylic acid groups (broad SMARTS) is 1. The molecule has 2 aromatic heterocycles. The molecule has 0 bridgehead atoms. The molecule has 25 heavy (non-hydrogen) atoms. The molecule has 0 unspecified atom stereocenters. The van der Waals surface area contributed by atoms with Crippen molar-refractivity contribution in [1.82, 2.24) is 14.2 Å². The fourth-order valence-corrected chi connectivity index (χ4v) is 3.67. The molecule has 2 aromatic carbocycles. The molecule has 0 aliphatic rings. The Morgan fingerprint density at radius 2 is 1.68 bits per heavy atom. The Balaban J connectivity index is 1.88. The second-order valence-corrected chi connectivity index (χ2v) is 6.46. The van der Waals surface area contributed by atoms with Crippen LogP contribution in [0.15, 0.2) is 53.3 Å². The van der Waals surface area contributed by atoms with Crippen LogP contribution in [0.2, 0.25) is 0 Å². The molecule has 7 heteroatoms. The van der Waals surface area contributed by atoms with E-state index >= 15 is 0 Å². The number of hydrogen-bond acceptors (Lipinski definition) is 5. The van der Waals surface area contributed by atoms with Gasteiger partial charge in [-0.05, 0) is 23.7 Å². The third kappa shape index (κ3) is 2.78. The molecule has 0 aliphatic heterocycles. The Hall–Kier alpha value is -3.06. The molecule has 1 N–H and O–H groups in total. The molecule has 0 amide bonds. The highest BCUT2D eigenvalue weighted by atomic mass is 32.1. The summed E-state index contributed by atoms with van der Waals surface area (Å²) in [5.74, 6) is -0.984. The molecular formula is C18H13N3O3S. The lowest BCUT2D eigenvalue weighted by Gasteiger charge is -2.09. The van der Waals surface area contributed by atoms with E-state index < -0.39 is 5.97 Å². The van der Waals surface area contributed by atoms with Gasteiger partial charge in [0.15, 0.2) is 0 Å². The van der Waals surface area contributed by atoms with Crippen molar-refractivity contribution in [3.05, 3.63) is 70.3 Å². The summed E-state index contributed by atoms with van der Waals surface area (Å²) >= 11 is 1.37. The summed E-state index contributed by atoms with van der Waals surface area (Å²) in [6, 6.07) is 14.7. The highest BCUT2D eigenvalue weighted by Crippen LogP contribution is 2.23. The Labute approximate surface area is 146 Å². The third-order valence-corrected chi connectivity index (χ3v) is 4.88. The van der Waals surface area contributed by atoms with E-state index in [-0.39, 0.29) is 18.5 Å². The smallest absolute Gasteiger partial charge is 0.309 e. The number of rotatable bonds is 4. The van der Waals surface area contributed by atoms with Crippen LogP contribution < -0.4 is 5.56 Å².